The van der Waals surface area contributed by atoms with Gasteiger partial charge in [-0.1, -0.05) is 17.3 Å². The fraction of sp³-hybridized carbons (Fsp3) is 0.300. The van der Waals surface area contributed by atoms with E-state index in [0.29, 0.717) is 17.1 Å². The van der Waals surface area contributed by atoms with Crippen LogP contribution in [0.3, 0.4) is 0 Å². The van der Waals surface area contributed by atoms with E-state index in [0.717, 1.165) is 22.6 Å². The van der Waals surface area contributed by atoms with E-state index in [1.807, 2.05) is 26.8 Å². The first-order chi connectivity index (χ1) is 13.8. The number of rotatable bonds is 6. The Morgan fingerprint density at radius 1 is 1.14 bits per heavy atom. The summed E-state index contributed by atoms with van der Waals surface area (Å²) in [7, 11) is 0. The van der Waals surface area contributed by atoms with Crippen LogP contribution in [-0.2, 0) is 17.9 Å². The Kier molecular flexibility index (Phi) is 5.96. The number of nitrogens with one attached hydrogen (secondary N) is 2. The Hall–Kier alpha value is -3.62. The number of aromatic nitrogens is 3. The monoisotopic (exact) mass is 397 g/mol. The fourth-order valence-electron chi connectivity index (χ4n) is 2.84. The highest BCUT2D eigenvalue weighted by atomic mass is 16.5. The summed E-state index contributed by atoms with van der Waals surface area (Å²) in [6.07, 6.45) is 0. The molecular formula is C20H23N5O4. The highest BCUT2D eigenvalue weighted by molar-refractivity contribution is 5.97. The van der Waals surface area contributed by atoms with E-state index in [4.69, 9.17) is 9.26 Å². The molecule has 29 heavy (non-hydrogen) atoms. The molecule has 0 aliphatic carbocycles. The number of nitrogens with zero attached hydrogens (tertiary/aromatic N) is 3. The SMILES string of the molecule is Cc1cc(C)n(CC(=O)NNC(=O)c2ccccc2OCc2c(C)noc2C)n1. The van der Waals surface area contributed by atoms with Crippen LogP contribution in [0.25, 0.3) is 0 Å². The molecule has 3 rings (SSSR count). The van der Waals surface area contributed by atoms with Crippen LogP contribution in [-0.4, -0.2) is 26.8 Å². The van der Waals surface area contributed by atoms with Crippen molar-refractivity contribution < 1.29 is 18.8 Å². The van der Waals surface area contributed by atoms with Crippen LogP contribution in [0.1, 0.15) is 38.8 Å². The molecule has 152 valence electrons. The third-order valence-corrected chi connectivity index (χ3v) is 4.40. The van der Waals surface area contributed by atoms with Gasteiger partial charge in [0.25, 0.3) is 11.8 Å². The second-order valence-corrected chi connectivity index (χ2v) is 6.67. The molecule has 2 heterocycles. The molecule has 0 bridgehead atoms. The molecule has 0 fully saturated rings. The number of hydrogen-bond donors (Lipinski definition) is 2. The molecule has 0 atom stereocenters. The van der Waals surface area contributed by atoms with Crippen molar-refractivity contribution in [1.29, 1.82) is 0 Å². The van der Waals surface area contributed by atoms with Gasteiger partial charge in [-0.2, -0.15) is 5.10 Å². The average molecular weight is 397 g/mol. The van der Waals surface area contributed by atoms with Gasteiger partial charge in [0.05, 0.1) is 22.5 Å². The highest BCUT2D eigenvalue weighted by Crippen LogP contribution is 2.21. The average Bonchev–Trinajstić information content (AvgIpc) is 3.18. The lowest BCUT2D eigenvalue weighted by Gasteiger charge is -2.12. The van der Waals surface area contributed by atoms with Gasteiger partial charge >= 0.3 is 0 Å². The maximum atomic E-state index is 12.5. The predicted molar refractivity (Wildman–Crippen MR) is 104 cm³/mol. The van der Waals surface area contributed by atoms with E-state index >= 15 is 0 Å². The molecule has 3 aromatic rings. The molecule has 2 aromatic heterocycles. The minimum Gasteiger partial charge on any atom is -0.488 e. The van der Waals surface area contributed by atoms with Crippen molar-refractivity contribution in [3.8, 4) is 5.75 Å². The third-order valence-electron chi connectivity index (χ3n) is 4.40. The van der Waals surface area contributed by atoms with Crippen LogP contribution in [0.4, 0.5) is 0 Å². The summed E-state index contributed by atoms with van der Waals surface area (Å²) in [5, 5.41) is 8.11. The van der Waals surface area contributed by atoms with E-state index in [-0.39, 0.29) is 13.2 Å². The zero-order chi connectivity index (χ0) is 21.0. The Bertz CT molecular complexity index is 1020. The van der Waals surface area contributed by atoms with Crippen molar-refractivity contribution >= 4 is 11.8 Å². The number of amides is 2. The van der Waals surface area contributed by atoms with Crippen LogP contribution >= 0.6 is 0 Å². The largest absolute Gasteiger partial charge is 0.488 e. The first-order valence-corrected chi connectivity index (χ1v) is 9.09. The van der Waals surface area contributed by atoms with Crippen LogP contribution in [0.5, 0.6) is 5.75 Å². The Labute approximate surface area is 168 Å². The summed E-state index contributed by atoms with van der Waals surface area (Å²) in [6.45, 7) is 7.56. The zero-order valence-corrected chi connectivity index (χ0v) is 16.8. The normalized spacial score (nSPS) is 10.6. The molecule has 0 unspecified atom stereocenters. The van der Waals surface area contributed by atoms with Gasteiger partial charge in [0.1, 0.15) is 24.7 Å². The minimum atomic E-state index is -0.485. The number of ether oxygens (including phenoxy) is 1. The first kappa shape index (κ1) is 20.1. The first-order valence-electron chi connectivity index (χ1n) is 9.09. The lowest BCUT2D eigenvalue weighted by molar-refractivity contribution is -0.122. The van der Waals surface area contributed by atoms with Crippen molar-refractivity contribution in [2.75, 3.05) is 0 Å². The highest BCUT2D eigenvalue weighted by Gasteiger charge is 2.16. The fourth-order valence-corrected chi connectivity index (χ4v) is 2.84. The van der Waals surface area contributed by atoms with Crippen molar-refractivity contribution in [3.63, 3.8) is 0 Å². The topological polar surface area (TPSA) is 111 Å². The van der Waals surface area contributed by atoms with Crippen molar-refractivity contribution in [1.82, 2.24) is 25.8 Å². The van der Waals surface area contributed by atoms with Gasteiger partial charge in [0.15, 0.2) is 0 Å². The molecule has 1 aromatic carbocycles. The molecule has 0 aliphatic heterocycles. The van der Waals surface area contributed by atoms with Crippen LogP contribution < -0.4 is 15.6 Å². The van der Waals surface area contributed by atoms with Crippen molar-refractivity contribution in [2.45, 2.75) is 40.8 Å². The number of benzene rings is 1. The summed E-state index contributed by atoms with van der Waals surface area (Å²) in [5.41, 5.74) is 8.36. The van der Waals surface area contributed by atoms with Gasteiger partial charge in [-0.25, -0.2) is 0 Å². The summed E-state index contributed by atoms with van der Waals surface area (Å²) in [6, 6.07) is 8.66. The maximum Gasteiger partial charge on any atom is 0.273 e. The summed E-state index contributed by atoms with van der Waals surface area (Å²) < 4.78 is 12.5. The van der Waals surface area contributed by atoms with Gasteiger partial charge in [-0.3, -0.25) is 25.1 Å². The molecule has 0 radical (unpaired) electrons. The summed E-state index contributed by atoms with van der Waals surface area (Å²) >= 11 is 0. The maximum absolute atomic E-state index is 12.5. The number of hydrazine groups is 1. The number of carbonyl (C=O) groups is 2. The van der Waals surface area contributed by atoms with Gasteiger partial charge in [-0.15, -0.1) is 0 Å². The quantitative estimate of drug-likeness (QED) is 0.617. The molecule has 0 saturated carbocycles. The minimum absolute atomic E-state index is 0.00411. The molecule has 2 amide bonds. The van der Waals surface area contributed by atoms with Crippen LogP contribution in [0, 0.1) is 27.7 Å². The molecule has 9 nitrogen and oxygen atoms in total. The Morgan fingerprint density at radius 3 is 2.55 bits per heavy atom. The van der Waals surface area contributed by atoms with E-state index in [1.54, 1.807) is 35.9 Å². The van der Waals surface area contributed by atoms with E-state index < -0.39 is 11.8 Å². The molecule has 2 N–H and O–H groups in total. The Balaban J connectivity index is 1.60. The number of aryl methyl sites for hydroxylation is 4. The molecule has 0 saturated heterocycles. The van der Waals surface area contributed by atoms with Crippen LogP contribution in [0.2, 0.25) is 0 Å². The van der Waals surface area contributed by atoms with Gasteiger partial charge in [-0.05, 0) is 45.9 Å². The predicted octanol–water partition coefficient (Wildman–Crippen LogP) is 2.14. The summed E-state index contributed by atoms with van der Waals surface area (Å²) in [5.74, 6) is 0.179. The smallest absolute Gasteiger partial charge is 0.273 e. The van der Waals surface area contributed by atoms with E-state index in [1.165, 1.54) is 0 Å². The number of hydrogen-bond acceptors (Lipinski definition) is 6. The zero-order valence-electron chi connectivity index (χ0n) is 16.8. The van der Waals surface area contributed by atoms with E-state index in [9.17, 15) is 9.59 Å². The van der Waals surface area contributed by atoms with Crippen LogP contribution in [0.15, 0.2) is 34.9 Å². The number of para-hydroxylation sites is 1. The molecule has 0 spiro atoms. The van der Waals surface area contributed by atoms with Gasteiger partial charge < -0.3 is 9.26 Å². The molecule has 9 heteroatoms. The standard InChI is InChI=1S/C20H23N5O4/c1-12-9-13(2)25(23-12)10-19(26)21-22-20(27)16-7-5-6-8-18(16)28-11-17-14(3)24-29-15(17)4/h5-9H,10-11H2,1-4H3,(H,21,26)(H,22,27). The summed E-state index contributed by atoms with van der Waals surface area (Å²) in [4.78, 5) is 24.6. The molecular weight excluding hydrogens is 374 g/mol. The second-order valence-electron chi connectivity index (χ2n) is 6.67. The van der Waals surface area contributed by atoms with Gasteiger partial charge in [0, 0.05) is 5.69 Å². The lowest BCUT2D eigenvalue weighted by Crippen LogP contribution is -2.43. The van der Waals surface area contributed by atoms with Gasteiger partial charge in [0.2, 0.25) is 0 Å². The van der Waals surface area contributed by atoms with E-state index in [2.05, 4.69) is 21.1 Å². The second kappa shape index (κ2) is 8.59. The van der Waals surface area contributed by atoms with Crippen molar-refractivity contribution in [3.05, 3.63) is 64.3 Å². The molecule has 0 aliphatic rings. The van der Waals surface area contributed by atoms with Crippen molar-refractivity contribution in [2.24, 2.45) is 0 Å². The lowest BCUT2D eigenvalue weighted by atomic mass is 10.2. The Morgan fingerprint density at radius 2 is 1.90 bits per heavy atom. The third kappa shape index (κ3) is 4.81. The number of carbonyl (C=O) groups excluding carboxylic acids is 2.